The molecular formula is C31H33BrN2O5S. The van der Waals surface area contributed by atoms with E-state index in [9.17, 15) is 18.0 Å². The summed E-state index contributed by atoms with van der Waals surface area (Å²) in [6, 6.07) is 21.5. The van der Waals surface area contributed by atoms with Crippen LogP contribution in [0.5, 0.6) is 5.75 Å². The van der Waals surface area contributed by atoms with Crippen molar-refractivity contribution in [2.24, 2.45) is 5.92 Å². The maximum absolute atomic E-state index is 14.1. The molecule has 2 saturated heterocycles. The molecule has 3 aromatic rings. The molecule has 0 aliphatic carbocycles. The zero-order valence-corrected chi connectivity index (χ0v) is 25.0. The Morgan fingerprint density at radius 3 is 2.12 bits per heavy atom. The lowest BCUT2D eigenvalue weighted by Crippen LogP contribution is -2.51. The Hall–Kier alpha value is -3.17. The van der Waals surface area contributed by atoms with Gasteiger partial charge in [-0.2, -0.15) is 0 Å². The summed E-state index contributed by atoms with van der Waals surface area (Å²) in [6.07, 6.45) is 1.47. The highest BCUT2D eigenvalue weighted by Crippen LogP contribution is 2.42. The SMILES string of the molecule is COc1ccc(C2C(C(=O)N3CCC(S(=O)(=O)c4ccc(Br)cc4)CC3)CCC(=O)N2c2ccc(C)cc2)cc1. The van der Waals surface area contributed by atoms with Crippen molar-refractivity contribution in [2.75, 3.05) is 25.1 Å². The van der Waals surface area contributed by atoms with Crippen molar-refractivity contribution in [3.05, 3.63) is 88.4 Å². The lowest BCUT2D eigenvalue weighted by atomic mass is 9.82. The highest BCUT2D eigenvalue weighted by atomic mass is 79.9. The van der Waals surface area contributed by atoms with E-state index in [2.05, 4.69) is 15.9 Å². The van der Waals surface area contributed by atoms with Crippen molar-refractivity contribution in [1.29, 1.82) is 0 Å². The first-order valence-corrected chi connectivity index (χ1v) is 15.8. The van der Waals surface area contributed by atoms with Crippen LogP contribution in [0, 0.1) is 12.8 Å². The minimum absolute atomic E-state index is 0.0204. The molecule has 0 radical (unpaired) electrons. The standard InChI is InChI=1S/C31H33BrN2O5S/c1-21-3-9-24(10-4-21)34-29(35)16-15-28(30(34)22-5-11-25(39-2)12-6-22)31(36)33-19-17-27(18-20-33)40(37,38)26-13-7-23(32)8-14-26/h3-14,27-28,30H,15-20H2,1-2H3. The molecule has 2 aliphatic rings. The van der Waals surface area contributed by atoms with Crippen molar-refractivity contribution in [3.63, 3.8) is 0 Å². The van der Waals surface area contributed by atoms with Crippen LogP contribution >= 0.6 is 15.9 Å². The maximum atomic E-state index is 14.1. The molecule has 5 rings (SSSR count). The number of carbonyl (C=O) groups is 2. The van der Waals surface area contributed by atoms with Gasteiger partial charge in [-0.1, -0.05) is 45.8 Å². The fraction of sp³-hybridized carbons (Fsp3) is 0.355. The molecule has 2 aliphatic heterocycles. The number of piperidine rings is 2. The summed E-state index contributed by atoms with van der Waals surface area (Å²) >= 11 is 3.35. The first kappa shape index (κ1) is 28.4. The Labute approximate surface area is 244 Å². The number of halogens is 1. The van der Waals surface area contributed by atoms with Crippen molar-refractivity contribution in [3.8, 4) is 5.75 Å². The zero-order valence-electron chi connectivity index (χ0n) is 22.6. The van der Waals surface area contributed by atoms with Gasteiger partial charge in [0.15, 0.2) is 9.84 Å². The van der Waals surface area contributed by atoms with Crippen molar-refractivity contribution >= 4 is 43.3 Å². The largest absolute Gasteiger partial charge is 0.497 e. The number of hydrogen-bond acceptors (Lipinski definition) is 5. The number of benzene rings is 3. The number of amides is 2. The number of likely N-dealkylation sites (tertiary alicyclic amines) is 1. The Bertz CT molecular complexity index is 1470. The molecule has 3 aromatic carbocycles. The van der Waals surface area contributed by atoms with Crippen LogP contribution in [0.3, 0.4) is 0 Å². The van der Waals surface area contributed by atoms with E-state index in [1.165, 1.54) is 0 Å². The highest BCUT2D eigenvalue weighted by Gasteiger charge is 2.44. The molecule has 2 amide bonds. The fourth-order valence-corrected chi connectivity index (χ4v) is 7.78. The summed E-state index contributed by atoms with van der Waals surface area (Å²) < 4.78 is 32.7. The number of nitrogens with zero attached hydrogens (tertiary/aromatic N) is 2. The molecule has 2 unspecified atom stereocenters. The number of ether oxygens (including phenoxy) is 1. The molecule has 0 N–H and O–H groups in total. The van der Waals surface area contributed by atoms with Crippen LogP contribution in [-0.4, -0.2) is 50.6 Å². The summed E-state index contributed by atoms with van der Waals surface area (Å²) in [5.41, 5.74) is 2.71. The van der Waals surface area contributed by atoms with Gasteiger partial charge < -0.3 is 14.5 Å². The minimum atomic E-state index is -3.49. The van der Waals surface area contributed by atoms with Crippen molar-refractivity contribution in [2.45, 2.75) is 48.8 Å². The van der Waals surface area contributed by atoms with Crippen LogP contribution in [0.1, 0.15) is 42.9 Å². The van der Waals surface area contributed by atoms with Crippen LogP contribution in [0.2, 0.25) is 0 Å². The Balaban J connectivity index is 1.40. The highest BCUT2D eigenvalue weighted by molar-refractivity contribution is 9.10. The van der Waals surface area contributed by atoms with Crippen LogP contribution in [-0.2, 0) is 19.4 Å². The number of anilines is 1. The van der Waals surface area contributed by atoms with Gasteiger partial charge in [0.25, 0.3) is 0 Å². The summed E-state index contributed by atoms with van der Waals surface area (Å²) in [4.78, 5) is 31.3. The lowest BCUT2D eigenvalue weighted by molar-refractivity contribution is -0.139. The van der Waals surface area contributed by atoms with Gasteiger partial charge >= 0.3 is 0 Å². The van der Waals surface area contributed by atoms with E-state index >= 15 is 0 Å². The molecule has 210 valence electrons. The molecule has 0 aromatic heterocycles. The van der Waals surface area contributed by atoms with Gasteiger partial charge in [0.1, 0.15) is 5.75 Å². The number of hydrogen-bond donors (Lipinski definition) is 0. The first-order chi connectivity index (χ1) is 19.2. The molecule has 7 nitrogen and oxygen atoms in total. The molecule has 0 bridgehead atoms. The second-order valence-electron chi connectivity index (χ2n) is 10.5. The second kappa shape index (κ2) is 11.7. The quantitative estimate of drug-likeness (QED) is 0.350. The lowest BCUT2D eigenvalue weighted by Gasteiger charge is -2.43. The molecular weight excluding hydrogens is 592 g/mol. The van der Waals surface area contributed by atoms with E-state index in [0.29, 0.717) is 43.0 Å². The third-order valence-electron chi connectivity index (χ3n) is 8.02. The third-order valence-corrected chi connectivity index (χ3v) is 10.8. The molecule has 2 fully saturated rings. The third kappa shape index (κ3) is 5.67. The minimum Gasteiger partial charge on any atom is -0.497 e. The molecule has 9 heteroatoms. The van der Waals surface area contributed by atoms with Gasteiger partial charge in [0.2, 0.25) is 11.8 Å². The van der Waals surface area contributed by atoms with Gasteiger partial charge in [0, 0.05) is 29.7 Å². The van der Waals surface area contributed by atoms with E-state index in [1.54, 1.807) is 41.2 Å². The van der Waals surface area contributed by atoms with Gasteiger partial charge in [-0.25, -0.2) is 8.42 Å². The Morgan fingerprint density at radius 2 is 1.52 bits per heavy atom. The summed E-state index contributed by atoms with van der Waals surface area (Å²) in [6.45, 7) is 2.72. The van der Waals surface area contributed by atoms with Crippen molar-refractivity contribution < 1.29 is 22.7 Å². The van der Waals surface area contributed by atoms with E-state index in [0.717, 1.165) is 21.3 Å². The van der Waals surface area contributed by atoms with E-state index < -0.39 is 27.0 Å². The Morgan fingerprint density at radius 1 is 0.900 bits per heavy atom. The zero-order chi connectivity index (χ0) is 28.4. The number of aryl methyl sites for hydroxylation is 1. The average molecular weight is 626 g/mol. The van der Waals surface area contributed by atoms with E-state index in [4.69, 9.17) is 4.74 Å². The topological polar surface area (TPSA) is 84.0 Å². The second-order valence-corrected chi connectivity index (χ2v) is 13.6. The fourth-order valence-electron chi connectivity index (χ4n) is 5.78. The van der Waals surface area contributed by atoms with Crippen LogP contribution in [0.4, 0.5) is 5.69 Å². The summed E-state index contributed by atoms with van der Waals surface area (Å²) in [5.74, 6) is 0.190. The summed E-state index contributed by atoms with van der Waals surface area (Å²) in [7, 11) is -1.89. The predicted molar refractivity (Wildman–Crippen MR) is 158 cm³/mol. The van der Waals surface area contributed by atoms with Gasteiger partial charge in [-0.15, -0.1) is 0 Å². The van der Waals surface area contributed by atoms with Gasteiger partial charge in [-0.3, -0.25) is 9.59 Å². The smallest absolute Gasteiger partial charge is 0.228 e. The maximum Gasteiger partial charge on any atom is 0.228 e. The van der Waals surface area contributed by atoms with Crippen molar-refractivity contribution in [1.82, 2.24) is 4.90 Å². The van der Waals surface area contributed by atoms with E-state index in [1.807, 2.05) is 55.5 Å². The van der Waals surface area contributed by atoms with E-state index in [-0.39, 0.29) is 18.2 Å². The Kier molecular flexibility index (Phi) is 8.33. The van der Waals surface area contributed by atoms with Gasteiger partial charge in [0.05, 0.1) is 29.2 Å². The first-order valence-electron chi connectivity index (χ1n) is 13.5. The van der Waals surface area contributed by atoms with Crippen LogP contribution in [0.15, 0.2) is 82.2 Å². The monoisotopic (exact) mass is 624 g/mol. The number of sulfone groups is 1. The molecule has 0 saturated carbocycles. The molecule has 2 heterocycles. The molecule has 0 spiro atoms. The molecule has 40 heavy (non-hydrogen) atoms. The van der Waals surface area contributed by atoms with Crippen LogP contribution < -0.4 is 9.64 Å². The number of rotatable bonds is 6. The number of methoxy groups -OCH3 is 1. The average Bonchev–Trinajstić information content (AvgIpc) is 2.97. The predicted octanol–water partition coefficient (Wildman–Crippen LogP) is 5.72. The normalized spacial score (nSPS) is 20.4. The summed E-state index contributed by atoms with van der Waals surface area (Å²) in [5, 5.41) is -0.535. The van der Waals surface area contributed by atoms with Gasteiger partial charge in [-0.05, 0) is 80.3 Å². The number of carbonyl (C=O) groups excluding carboxylic acids is 2. The van der Waals surface area contributed by atoms with Crippen LogP contribution in [0.25, 0.3) is 0 Å². The molecule has 2 atom stereocenters.